The first-order valence-electron chi connectivity index (χ1n) is 8.43. The fraction of sp³-hybridized carbons (Fsp3) is 0.688. The molecule has 2 aliphatic heterocycles. The van der Waals surface area contributed by atoms with E-state index in [2.05, 4.69) is 5.32 Å². The van der Waals surface area contributed by atoms with E-state index < -0.39 is 10.0 Å². The highest BCUT2D eigenvalue weighted by Gasteiger charge is 2.35. The number of hydrogen-bond donors (Lipinski definition) is 1. The van der Waals surface area contributed by atoms with Crippen molar-refractivity contribution in [2.24, 2.45) is 0 Å². The van der Waals surface area contributed by atoms with Gasteiger partial charge in [0.15, 0.2) is 0 Å². The number of nitrogens with one attached hydrogen (secondary N) is 1. The van der Waals surface area contributed by atoms with E-state index >= 15 is 0 Å². The van der Waals surface area contributed by atoms with Gasteiger partial charge in [0.1, 0.15) is 0 Å². The Kier molecular flexibility index (Phi) is 5.91. The molecule has 24 heavy (non-hydrogen) atoms. The summed E-state index contributed by atoms with van der Waals surface area (Å²) in [5.74, 6) is 0.0131. The first-order chi connectivity index (χ1) is 11.6. The quantitative estimate of drug-likeness (QED) is 0.847. The number of carbonyl (C=O) groups is 1. The van der Waals surface area contributed by atoms with Gasteiger partial charge in [-0.05, 0) is 48.1 Å². The Hall–Kier alpha value is -0.960. The number of hydrogen-bond acceptors (Lipinski definition) is 5. The number of carbonyl (C=O) groups excluding carboxylic acids is 1. The minimum atomic E-state index is -3.24. The van der Waals surface area contributed by atoms with Crippen molar-refractivity contribution >= 4 is 27.3 Å². The van der Waals surface area contributed by atoms with E-state index in [0.29, 0.717) is 58.4 Å². The molecule has 0 spiro atoms. The standard InChI is InChI=1S/C16H24N2O4S2/c19-16(11-13-5-10-23-12-13)17-14-1-6-18(7-2-14)24(20,21)15-3-8-22-9-4-15/h5,10,12,14-15H,1-4,6-9,11H2,(H,17,19). The molecule has 0 saturated carbocycles. The molecule has 2 saturated heterocycles. The predicted octanol–water partition coefficient (Wildman–Crippen LogP) is 1.38. The molecule has 0 bridgehead atoms. The number of nitrogens with zero attached hydrogens (tertiary/aromatic N) is 1. The largest absolute Gasteiger partial charge is 0.381 e. The molecule has 1 amide bonds. The monoisotopic (exact) mass is 372 g/mol. The molecule has 0 aromatic carbocycles. The topological polar surface area (TPSA) is 75.7 Å². The van der Waals surface area contributed by atoms with E-state index in [-0.39, 0.29) is 17.2 Å². The zero-order valence-electron chi connectivity index (χ0n) is 13.6. The predicted molar refractivity (Wildman–Crippen MR) is 93.5 cm³/mol. The minimum absolute atomic E-state index is 0.0131. The SMILES string of the molecule is O=C(Cc1ccsc1)NC1CCN(S(=O)(=O)C2CCOCC2)CC1. The van der Waals surface area contributed by atoms with Crippen molar-refractivity contribution in [3.05, 3.63) is 22.4 Å². The number of ether oxygens (including phenoxy) is 1. The summed E-state index contributed by atoms with van der Waals surface area (Å²) < 4.78 is 32.2. The van der Waals surface area contributed by atoms with Gasteiger partial charge in [0.25, 0.3) is 0 Å². The highest BCUT2D eigenvalue weighted by molar-refractivity contribution is 7.89. The Bertz CT molecular complexity index is 631. The van der Waals surface area contributed by atoms with Gasteiger partial charge in [0.05, 0.1) is 11.7 Å². The molecule has 3 heterocycles. The van der Waals surface area contributed by atoms with Crippen molar-refractivity contribution in [3.8, 4) is 0 Å². The van der Waals surface area contributed by atoms with Crippen LogP contribution in [0.1, 0.15) is 31.2 Å². The van der Waals surface area contributed by atoms with Crippen LogP contribution in [0.5, 0.6) is 0 Å². The number of thiophene rings is 1. The van der Waals surface area contributed by atoms with Gasteiger partial charge in [-0.3, -0.25) is 4.79 Å². The third-order valence-electron chi connectivity index (χ3n) is 4.71. The van der Waals surface area contributed by atoms with Crippen molar-refractivity contribution in [1.82, 2.24) is 9.62 Å². The molecule has 1 aromatic heterocycles. The molecular formula is C16H24N2O4S2. The van der Waals surface area contributed by atoms with Crippen LogP contribution in [-0.4, -0.2) is 56.2 Å². The van der Waals surface area contributed by atoms with Crippen molar-refractivity contribution in [1.29, 1.82) is 0 Å². The smallest absolute Gasteiger partial charge is 0.224 e. The van der Waals surface area contributed by atoms with E-state index in [1.165, 1.54) is 0 Å². The van der Waals surface area contributed by atoms with E-state index in [1.807, 2.05) is 16.8 Å². The van der Waals surface area contributed by atoms with Crippen LogP contribution < -0.4 is 5.32 Å². The van der Waals surface area contributed by atoms with Crippen molar-refractivity contribution in [2.45, 2.75) is 43.4 Å². The number of rotatable bonds is 5. The summed E-state index contributed by atoms with van der Waals surface area (Å²) >= 11 is 1.58. The lowest BCUT2D eigenvalue weighted by molar-refractivity contribution is -0.121. The van der Waals surface area contributed by atoms with Crippen LogP contribution in [0, 0.1) is 0 Å². The third-order valence-corrected chi connectivity index (χ3v) is 7.84. The molecule has 0 unspecified atom stereocenters. The Morgan fingerprint density at radius 1 is 1.25 bits per heavy atom. The zero-order valence-corrected chi connectivity index (χ0v) is 15.3. The summed E-state index contributed by atoms with van der Waals surface area (Å²) in [4.78, 5) is 12.1. The average molecular weight is 373 g/mol. The first-order valence-corrected chi connectivity index (χ1v) is 10.9. The molecule has 0 atom stereocenters. The van der Waals surface area contributed by atoms with Crippen LogP contribution in [0.15, 0.2) is 16.8 Å². The molecule has 1 aromatic rings. The van der Waals surface area contributed by atoms with Crippen LogP contribution in [0.3, 0.4) is 0 Å². The second-order valence-corrected chi connectivity index (χ2v) is 9.40. The maximum Gasteiger partial charge on any atom is 0.224 e. The normalized spacial score (nSPS) is 21.7. The zero-order chi connectivity index (χ0) is 17.0. The molecule has 8 heteroatoms. The molecule has 0 radical (unpaired) electrons. The van der Waals surface area contributed by atoms with Crippen molar-refractivity contribution < 1.29 is 17.9 Å². The Labute approximate surface area is 147 Å². The van der Waals surface area contributed by atoms with Crippen LogP contribution in [0.25, 0.3) is 0 Å². The molecule has 1 N–H and O–H groups in total. The van der Waals surface area contributed by atoms with E-state index in [0.717, 1.165) is 5.56 Å². The summed E-state index contributed by atoms with van der Waals surface area (Å²) in [6.45, 7) is 2.03. The average Bonchev–Trinajstić information content (AvgIpc) is 3.09. The first kappa shape index (κ1) is 17.8. The summed E-state index contributed by atoms with van der Waals surface area (Å²) in [5.41, 5.74) is 1.03. The van der Waals surface area contributed by atoms with Gasteiger partial charge in [0.2, 0.25) is 15.9 Å². The Morgan fingerprint density at radius 2 is 1.96 bits per heavy atom. The van der Waals surface area contributed by atoms with E-state index in [1.54, 1.807) is 15.6 Å². The minimum Gasteiger partial charge on any atom is -0.381 e. The summed E-state index contributed by atoms with van der Waals surface area (Å²) in [5, 5.41) is 6.66. The Morgan fingerprint density at radius 3 is 2.58 bits per heavy atom. The maximum atomic E-state index is 12.7. The van der Waals surface area contributed by atoms with Gasteiger partial charge in [-0.25, -0.2) is 12.7 Å². The molecular weight excluding hydrogens is 348 g/mol. The molecule has 2 aliphatic rings. The van der Waals surface area contributed by atoms with Gasteiger partial charge in [-0.1, -0.05) is 0 Å². The molecule has 0 aliphatic carbocycles. The summed E-state index contributed by atoms with van der Waals surface area (Å²) in [6.07, 6.45) is 2.92. The van der Waals surface area contributed by atoms with E-state index in [9.17, 15) is 13.2 Å². The van der Waals surface area contributed by atoms with Gasteiger partial charge >= 0.3 is 0 Å². The van der Waals surface area contributed by atoms with Crippen LogP contribution in [0.4, 0.5) is 0 Å². The molecule has 2 fully saturated rings. The highest BCUT2D eigenvalue weighted by atomic mass is 32.2. The van der Waals surface area contributed by atoms with Crippen molar-refractivity contribution in [2.75, 3.05) is 26.3 Å². The highest BCUT2D eigenvalue weighted by Crippen LogP contribution is 2.23. The molecule has 3 rings (SSSR count). The molecule has 6 nitrogen and oxygen atoms in total. The third kappa shape index (κ3) is 4.36. The summed E-state index contributed by atoms with van der Waals surface area (Å²) in [7, 11) is -3.24. The van der Waals surface area contributed by atoms with Gasteiger partial charge < -0.3 is 10.1 Å². The second-order valence-electron chi connectivity index (χ2n) is 6.41. The fourth-order valence-electron chi connectivity index (χ4n) is 3.30. The fourth-order valence-corrected chi connectivity index (χ4v) is 5.89. The second kappa shape index (κ2) is 7.95. The number of amides is 1. The van der Waals surface area contributed by atoms with Crippen LogP contribution in [0.2, 0.25) is 0 Å². The van der Waals surface area contributed by atoms with E-state index in [4.69, 9.17) is 4.74 Å². The Balaban J connectivity index is 1.47. The number of piperidine rings is 1. The van der Waals surface area contributed by atoms with Crippen LogP contribution >= 0.6 is 11.3 Å². The lowest BCUT2D eigenvalue weighted by atomic mass is 10.1. The lowest BCUT2D eigenvalue weighted by Crippen LogP contribution is -2.49. The molecule has 134 valence electrons. The van der Waals surface area contributed by atoms with Gasteiger partial charge in [-0.2, -0.15) is 11.3 Å². The maximum absolute atomic E-state index is 12.7. The van der Waals surface area contributed by atoms with Crippen molar-refractivity contribution in [3.63, 3.8) is 0 Å². The van der Waals surface area contributed by atoms with Crippen LogP contribution in [-0.2, 0) is 26.0 Å². The number of sulfonamides is 1. The summed E-state index contributed by atoms with van der Waals surface area (Å²) in [6, 6.07) is 2.02. The lowest BCUT2D eigenvalue weighted by Gasteiger charge is -2.35. The van der Waals surface area contributed by atoms with Gasteiger partial charge in [-0.15, -0.1) is 0 Å². The van der Waals surface area contributed by atoms with Gasteiger partial charge in [0, 0.05) is 32.3 Å².